The molecule has 0 unspecified atom stereocenters. The van der Waals surface area contributed by atoms with E-state index in [1.165, 1.54) is 25.3 Å². The van der Waals surface area contributed by atoms with Gasteiger partial charge in [-0.2, -0.15) is 0 Å². The summed E-state index contributed by atoms with van der Waals surface area (Å²) in [6.45, 7) is 0. The van der Waals surface area contributed by atoms with Crippen LogP contribution in [0.1, 0.15) is 20.9 Å². The molecule has 30 heavy (non-hydrogen) atoms. The van der Waals surface area contributed by atoms with Crippen molar-refractivity contribution in [3.05, 3.63) is 89.9 Å². The Balaban J connectivity index is 1.51. The minimum absolute atomic E-state index is 0.168. The van der Waals surface area contributed by atoms with Crippen molar-refractivity contribution in [3.63, 3.8) is 0 Å². The number of carbonyl (C=O) groups is 2. The summed E-state index contributed by atoms with van der Waals surface area (Å²) < 4.78 is 24.2. The number of carbonyl (C=O) groups excluding carboxylic acids is 2. The van der Waals surface area contributed by atoms with Crippen LogP contribution in [0.4, 0.5) is 15.8 Å². The summed E-state index contributed by atoms with van der Waals surface area (Å²) in [5, 5.41) is 6.24. The van der Waals surface area contributed by atoms with Crippen molar-refractivity contribution in [3.8, 4) is 5.75 Å². The van der Waals surface area contributed by atoms with Gasteiger partial charge in [0.25, 0.3) is 11.8 Å². The van der Waals surface area contributed by atoms with Gasteiger partial charge in [0.15, 0.2) is 5.76 Å². The van der Waals surface area contributed by atoms with Gasteiger partial charge >= 0.3 is 0 Å². The fraction of sp³-hybridized carbons (Fsp3) is 0.0435. The normalized spacial score (nSPS) is 10.6. The van der Waals surface area contributed by atoms with Crippen LogP contribution in [0.2, 0.25) is 0 Å². The largest absolute Gasteiger partial charge is 0.494 e. The Bertz CT molecular complexity index is 1220. The van der Waals surface area contributed by atoms with Gasteiger partial charge in [0.2, 0.25) is 0 Å². The second-order valence-corrected chi connectivity index (χ2v) is 6.48. The fourth-order valence-electron chi connectivity index (χ4n) is 2.98. The van der Waals surface area contributed by atoms with Gasteiger partial charge in [-0.05, 0) is 42.5 Å². The third kappa shape index (κ3) is 4.00. The predicted octanol–water partition coefficient (Wildman–Crippen LogP) is 5.09. The van der Waals surface area contributed by atoms with Crippen LogP contribution < -0.4 is 15.4 Å². The molecule has 0 atom stereocenters. The molecule has 7 heteroatoms. The summed E-state index contributed by atoms with van der Waals surface area (Å²) in [6, 6.07) is 19.1. The minimum Gasteiger partial charge on any atom is -0.494 e. The zero-order valence-corrected chi connectivity index (χ0v) is 15.9. The van der Waals surface area contributed by atoms with Crippen molar-refractivity contribution in [2.75, 3.05) is 17.7 Å². The highest BCUT2D eigenvalue weighted by Crippen LogP contribution is 2.29. The molecule has 0 fully saturated rings. The summed E-state index contributed by atoms with van der Waals surface area (Å²) >= 11 is 0. The molecule has 0 aliphatic heterocycles. The standard InChI is InChI=1S/C23H17FN2O4/c1-29-20-13-17(25-22(27)15-6-4-7-16(24)11-15)9-10-18(20)26-23(28)21-12-14-5-2-3-8-19(14)30-21/h2-13H,1H3,(H,25,27)(H,26,28). The second kappa shape index (κ2) is 8.08. The van der Waals surface area contributed by atoms with Crippen LogP contribution in [-0.4, -0.2) is 18.9 Å². The number of hydrogen-bond donors (Lipinski definition) is 2. The van der Waals surface area contributed by atoms with Crippen LogP contribution >= 0.6 is 0 Å². The highest BCUT2D eigenvalue weighted by Gasteiger charge is 2.15. The Kier molecular flexibility index (Phi) is 5.17. The molecule has 0 aliphatic carbocycles. The molecule has 4 aromatic rings. The third-order valence-corrected chi connectivity index (χ3v) is 4.44. The Hall–Kier alpha value is -4.13. The molecule has 6 nitrogen and oxygen atoms in total. The Morgan fingerprint density at radius 2 is 1.73 bits per heavy atom. The number of amides is 2. The summed E-state index contributed by atoms with van der Waals surface area (Å²) in [4.78, 5) is 24.9. The number of rotatable bonds is 5. The highest BCUT2D eigenvalue weighted by molar-refractivity contribution is 6.06. The van der Waals surface area contributed by atoms with Gasteiger partial charge in [0.05, 0.1) is 12.8 Å². The number of halogens is 1. The van der Waals surface area contributed by atoms with Crippen LogP contribution in [0.5, 0.6) is 5.75 Å². The van der Waals surface area contributed by atoms with E-state index in [1.807, 2.05) is 18.2 Å². The zero-order valence-electron chi connectivity index (χ0n) is 15.9. The van der Waals surface area contributed by atoms with Gasteiger partial charge < -0.3 is 19.8 Å². The quantitative estimate of drug-likeness (QED) is 0.486. The number of anilines is 2. The van der Waals surface area contributed by atoms with Crippen LogP contribution in [0, 0.1) is 5.82 Å². The number of hydrogen-bond acceptors (Lipinski definition) is 4. The number of fused-ring (bicyclic) bond motifs is 1. The molecule has 1 aromatic heterocycles. The molecule has 1 heterocycles. The van der Waals surface area contributed by atoms with E-state index in [1.54, 1.807) is 30.3 Å². The monoisotopic (exact) mass is 404 g/mol. The smallest absolute Gasteiger partial charge is 0.291 e. The maximum atomic E-state index is 13.3. The number of ether oxygens (including phenoxy) is 1. The lowest BCUT2D eigenvalue weighted by molar-refractivity contribution is 0.0996. The first-order chi connectivity index (χ1) is 14.5. The molecule has 150 valence electrons. The first-order valence-electron chi connectivity index (χ1n) is 9.08. The molecule has 0 bridgehead atoms. The van der Waals surface area contributed by atoms with E-state index in [9.17, 15) is 14.0 Å². The van der Waals surface area contributed by atoms with Gasteiger partial charge in [-0.3, -0.25) is 9.59 Å². The second-order valence-electron chi connectivity index (χ2n) is 6.48. The van der Waals surface area contributed by atoms with Crippen LogP contribution in [0.25, 0.3) is 11.0 Å². The first-order valence-corrected chi connectivity index (χ1v) is 9.08. The summed E-state index contributed by atoms with van der Waals surface area (Å²) in [5.74, 6) is -0.876. The highest BCUT2D eigenvalue weighted by atomic mass is 19.1. The maximum absolute atomic E-state index is 13.3. The Morgan fingerprint density at radius 1 is 0.900 bits per heavy atom. The third-order valence-electron chi connectivity index (χ3n) is 4.44. The molecule has 2 amide bonds. The van der Waals surface area contributed by atoms with Crippen molar-refractivity contribution in [2.45, 2.75) is 0 Å². The fourth-order valence-corrected chi connectivity index (χ4v) is 2.98. The SMILES string of the molecule is COc1cc(NC(=O)c2cccc(F)c2)ccc1NC(=O)c1cc2ccccc2o1. The number of benzene rings is 3. The van der Waals surface area contributed by atoms with E-state index < -0.39 is 17.6 Å². The van der Waals surface area contributed by atoms with E-state index in [0.29, 0.717) is 22.7 Å². The van der Waals surface area contributed by atoms with E-state index in [2.05, 4.69) is 10.6 Å². The van der Waals surface area contributed by atoms with Gasteiger partial charge in [-0.1, -0.05) is 24.3 Å². The maximum Gasteiger partial charge on any atom is 0.291 e. The number of nitrogens with one attached hydrogen (secondary N) is 2. The van der Waals surface area contributed by atoms with E-state index in [4.69, 9.17) is 9.15 Å². The average molecular weight is 404 g/mol. The van der Waals surface area contributed by atoms with Gasteiger partial charge in [-0.15, -0.1) is 0 Å². The molecule has 2 N–H and O–H groups in total. The van der Waals surface area contributed by atoms with Gasteiger partial charge in [0.1, 0.15) is 17.1 Å². The van der Waals surface area contributed by atoms with E-state index >= 15 is 0 Å². The Labute approximate surface area is 171 Å². The molecular formula is C23H17FN2O4. The lowest BCUT2D eigenvalue weighted by Gasteiger charge is -2.12. The molecule has 0 saturated heterocycles. The van der Waals surface area contributed by atoms with Gasteiger partial charge in [-0.25, -0.2) is 4.39 Å². The molecule has 0 saturated carbocycles. The molecule has 4 rings (SSSR count). The van der Waals surface area contributed by atoms with Crippen LogP contribution in [-0.2, 0) is 0 Å². The minimum atomic E-state index is -0.496. The number of methoxy groups -OCH3 is 1. The van der Waals surface area contributed by atoms with Crippen molar-refractivity contribution < 1.29 is 23.1 Å². The van der Waals surface area contributed by atoms with Crippen molar-refractivity contribution in [1.82, 2.24) is 0 Å². The zero-order chi connectivity index (χ0) is 21.1. The lowest BCUT2D eigenvalue weighted by Crippen LogP contribution is -2.14. The number of furan rings is 1. The number of para-hydroxylation sites is 1. The van der Waals surface area contributed by atoms with Crippen molar-refractivity contribution in [2.24, 2.45) is 0 Å². The molecule has 0 spiro atoms. The molecular weight excluding hydrogens is 387 g/mol. The lowest BCUT2D eigenvalue weighted by atomic mass is 10.2. The van der Waals surface area contributed by atoms with E-state index in [0.717, 1.165) is 11.5 Å². The topological polar surface area (TPSA) is 80.6 Å². The summed E-state index contributed by atoms with van der Waals surface area (Å²) in [7, 11) is 1.45. The van der Waals surface area contributed by atoms with Crippen molar-refractivity contribution in [1.29, 1.82) is 0 Å². The molecule has 0 radical (unpaired) electrons. The van der Waals surface area contributed by atoms with E-state index in [-0.39, 0.29) is 11.3 Å². The predicted molar refractivity (Wildman–Crippen MR) is 112 cm³/mol. The van der Waals surface area contributed by atoms with Gasteiger partial charge in [0, 0.05) is 22.7 Å². The van der Waals surface area contributed by atoms with Crippen molar-refractivity contribution >= 4 is 34.2 Å². The summed E-state index contributed by atoms with van der Waals surface area (Å²) in [6.07, 6.45) is 0. The Morgan fingerprint density at radius 3 is 2.50 bits per heavy atom. The summed E-state index contributed by atoms with van der Waals surface area (Å²) in [5.41, 5.74) is 1.65. The molecule has 0 aliphatic rings. The first kappa shape index (κ1) is 19.2. The van der Waals surface area contributed by atoms with Crippen LogP contribution in [0.15, 0.2) is 77.2 Å². The average Bonchev–Trinajstić information content (AvgIpc) is 3.19. The molecule has 3 aromatic carbocycles. The van der Waals surface area contributed by atoms with Crippen LogP contribution in [0.3, 0.4) is 0 Å².